The van der Waals surface area contributed by atoms with E-state index in [1.54, 1.807) is 0 Å². The van der Waals surface area contributed by atoms with Gasteiger partial charge >= 0.3 is 5.97 Å². The average Bonchev–Trinajstić information content (AvgIpc) is 3.32. The van der Waals surface area contributed by atoms with Crippen LogP contribution in [-0.2, 0) is 30.4 Å². The molecule has 35 heavy (non-hydrogen) atoms. The minimum atomic E-state index is -1.64. The van der Waals surface area contributed by atoms with Crippen LogP contribution in [-0.4, -0.2) is 81.7 Å². The molecule has 13 nitrogen and oxygen atoms in total. The van der Waals surface area contributed by atoms with E-state index in [1.165, 1.54) is 31.2 Å². The van der Waals surface area contributed by atoms with Gasteiger partial charge in [-0.25, -0.2) is 4.79 Å². The zero-order valence-electron chi connectivity index (χ0n) is 19.2. The maximum Gasteiger partial charge on any atom is 0.328 e. The Bertz CT molecular complexity index is 930. The number of carboxylic acid groups (broad SMARTS) is 1. The molecule has 0 saturated carbocycles. The number of hydrogen-bond acceptors (Lipinski definition) is 8. The molecule has 0 radical (unpaired) electrons. The van der Waals surface area contributed by atoms with Crippen LogP contribution in [0.2, 0.25) is 0 Å². The third-order valence-electron chi connectivity index (χ3n) is 5.47. The molecule has 0 aromatic heterocycles. The molecule has 1 aromatic rings. The van der Waals surface area contributed by atoms with Crippen LogP contribution in [0.3, 0.4) is 0 Å². The highest BCUT2D eigenvalue weighted by atomic mass is 16.4. The molecule has 192 valence electrons. The molecule has 1 heterocycles. The number of aromatic hydroxyl groups is 1. The number of primary amides is 1. The molecule has 0 spiro atoms. The summed E-state index contributed by atoms with van der Waals surface area (Å²) in [5, 5.41) is 38.5. The summed E-state index contributed by atoms with van der Waals surface area (Å²) in [6.07, 6.45) is -0.747. The molecule has 1 aliphatic heterocycles. The molecular formula is C22H31N5O8. The molecule has 2 rings (SSSR count). The minimum Gasteiger partial charge on any atom is -0.508 e. The van der Waals surface area contributed by atoms with E-state index < -0.39 is 66.3 Å². The highest BCUT2D eigenvalue weighted by molar-refractivity contribution is 5.96. The molecule has 5 atom stereocenters. The van der Waals surface area contributed by atoms with Crippen LogP contribution >= 0.6 is 0 Å². The van der Waals surface area contributed by atoms with Crippen molar-refractivity contribution < 1.29 is 39.3 Å². The number of nitrogens with one attached hydrogen (secondary N) is 4. The monoisotopic (exact) mass is 493 g/mol. The first-order chi connectivity index (χ1) is 16.5. The van der Waals surface area contributed by atoms with Crippen molar-refractivity contribution >= 4 is 29.6 Å². The Labute approximate surface area is 201 Å². The van der Waals surface area contributed by atoms with E-state index in [2.05, 4.69) is 21.3 Å². The first-order valence-corrected chi connectivity index (χ1v) is 11.1. The smallest absolute Gasteiger partial charge is 0.328 e. The van der Waals surface area contributed by atoms with Crippen LogP contribution in [0.4, 0.5) is 0 Å². The third kappa shape index (κ3) is 8.54. The predicted octanol–water partition coefficient (Wildman–Crippen LogP) is -2.52. The van der Waals surface area contributed by atoms with E-state index in [-0.39, 0.29) is 12.2 Å². The Balaban J connectivity index is 2.22. The SMILES string of the molecule is CC(O)C(NC(=O)C(Cc1ccc(O)cc1)NC(=O)C(CC(N)=O)NC(=O)C1CCCN1)C(=O)O. The fourth-order valence-electron chi connectivity index (χ4n) is 3.58. The molecule has 1 fully saturated rings. The second kappa shape index (κ2) is 12.7. The van der Waals surface area contributed by atoms with Crippen LogP contribution in [0.25, 0.3) is 0 Å². The molecule has 13 heteroatoms. The number of rotatable bonds is 12. The first-order valence-electron chi connectivity index (χ1n) is 11.1. The number of phenols is 1. The number of carboxylic acids is 1. The molecule has 1 aliphatic rings. The Kier molecular flexibility index (Phi) is 9.97. The lowest BCUT2D eigenvalue weighted by Crippen LogP contribution is -2.59. The molecule has 0 aliphatic carbocycles. The van der Waals surface area contributed by atoms with Crippen molar-refractivity contribution in [2.45, 2.75) is 62.9 Å². The van der Waals surface area contributed by atoms with Crippen LogP contribution in [0, 0.1) is 0 Å². The van der Waals surface area contributed by atoms with Crippen LogP contribution in [0.5, 0.6) is 5.75 Å². The van der Waals surface area contributed by atoms with Gasteiger partial charge in [-0.3, -0.25) is 19.2 Å². The predicted molar refractivity (Wildman–Crippen MR) is 122 cm³/mol. The Morgan fingerprint density at radius 1 is 1.06 bits per heavy atom. The lowest BCUT2D eigenvalue weighted by atomic mass is 10.0. The van der Waals surface area contributed by atoms with Gasteiger partial charge in [0.15, 0.2) is 6.04 Å². The summed E-state index contributed by atoms with van der Waals surface area (Å²) in [5.41, 5.74) is 5.75. The average molecular weight is 494 g/mol. The number of aliphatic hydroxyl groups is 1. The van der Waals surface area contributed by atoms with Gasteiger partial charge in [0.1, 0.15) is 17.8 Å². The molecular weight excluding hydrogens is 462 g/mol. The Hall–Kier alpha value is -3.71. The molecule has 1 saturated heterocycles. The second-order valence-electron chi connectivity index (χ2n) is 8.38. The number of hydrogen-bond donors (Lipinski definition) is 8. The van der Waals surface area contributed by atoms with E-state index in [0.717, 1.165) is 6.42 Å². The highest BCUT2D eigenvalue weighted by Crippen LogP contribution is 2.12. The summed E-state index contributed by atoms with van der Waals surface area (Å²) in [5.74, 6) is -4.65. The maximum absolute atomic E-state index is 13.0. The number of aliphatic carboxylic acids is 1. The van der Waals surface area contributed by atoms with Crippen molar-refractivity contribution in [3.8, 4) is 5.75 Å². The maximum atomic E-state index is 13.0. The minimum absolute atomic E-state index is 0.0245. The van der Waals surface area contributed by atoms with E-state index in [0.29, 0.717) is 18.5 Å². The van der Waals surface area contributed by atoms with Gasteiger partial charge in [0.05, 0.1) is 18.6 Å². The number of carbonyl (C=O) groups is 5. The normalized spacial score (nSPS) is 18.5. The van der Waals surface area contributed by atoms with Gasteiger partial charge in [-0.2, -0.15) is 0 Å². The van der Waals surface area contributed by atoms with E-state index in [4.69, 9.17) is 5.73 Å². The molecule has 5 unspecified atom stereocenters. The van der Waals surface area contributed by atoms with Gasteiger partial charge < -0.3 is 42.3 Å². The molecule has 9 N–H and O–H groups in total. The number of carbonyl (C=O) groups excluding carboxylic acids is 4. The summed E-state index contributed by atoms with van der Waals surface area (Å²) in [7, 11) is 0. The number of amides is 4. The van der Waals surface area contributed by atoms with Crippen molar-refractivity contribution in [3.63, 3.8) is 0 Å². The van der Waals surface area contributed by atoms with Crippen molar-refractivity contribution in [1.29, 1.82) is 0 Å². The number of nitrogens with two attached hydrogens (primary N) is 1. The van der Waals surface area contributed by atoms with Crippen molar-refractivity contribution in [2.75, 3.05) is 6.54 Å². The zero-order chi connectivity index (χ0) is 26.1. The lowest BCUT2D eigenvalue weighted by molar-refractivity contribution is -0.145. The van der Waals surface area contributed by atoms with Crippen molar-refractivity contribution in [1.82, 2.24) is 21.3 Å². The van der Waals surface area contributed by atoms with E-state index in [1.807, 2.05) is 0 Å². The van der Waals surface area contributed by atoms with Gasteiger partial charge in [-0.15, -0.1) is 0 Å². The van der Waals surface area contributed by atoms with Gasteiger partial charge in [-0.1, -0.05) is 12.1 Å². The summed E-state index contributed by atoms with van der Waals surface area (Å²) >= 11 is 0. The summed E-state index contributed by atoms with van der Waals surface area (Å²) in [4.78, 5) is 61.3. The molecule has 4 amide bonds. The third-order valence-corrected chi connectivity index (χ3v) is 5.47. The highest BCUT2D eigenvalue weighted by Gasteiger charge is 2.33. The van der Waals surface area contributed by atoms with Gasteiger partial charge in [0.25, 0.3) is 0 Å². The quantitative estimate of drug-likeness (QED) is 0.154. The number of phenolic OH excluding ortho intramolecular Hbond substituents is 1. The van der Waals surface area contributed by atoms with Gasteiger partial charge in [0.2, 0.25) is 23.6 Å². The van der Waals surface area contributed by atoms with E-state index >= 15 is 0 Å². The first kappa shape index (κ1) is 27.5. The number of aliphatic hydroxyl groups excluding tert-OH is 1. The molecule has 1 aromatic carbocycles. The van der Waals surface area contributed by atoms with Crippen LogP contribution in [0.1, 0.15) is 31.7 Å². The van der Waals surface area contributed by atoms with E-state index in [9.17, 15) is 39.3 Å². The van der Waals surface area contributed by atoms with Crippen LogP contribution < -0.4 is 27.0 Å². The Morgan fingerprint density at radius 2 is 1.69 bits per heavy atom. The molecule has 0 bridgehead atoms. The summed E-state index contributed by atoms with van der Waals surface area (Å²) < 4.78 is 0. The Morgan fingerprint density at radius 3 is 2.20 bits per heavy atom. The van der Waals surface area contributed by atoms with Crippen molar-refractivity contribution in [3.05, 3.63) is 29.8 Å². The number of benzene rings is 1. The zero-order valence-corrected chi connectivity index (χ0v) is 19.2. The van der Waals surface area contributed by atoms with Gasteiger partial charge in [-0.05, 0) is 44.0 Å². The summed E-state index contributed by atoms with van der Waals surface area (Å²) in [6, 6.07) is 0.848. The summed E-state index contributed by atoms with van der Waals surface area (Å²) in [6.45, 7) is 1.82. The second-order valence-corrected chi connectivity index (χ2v) is 8.38. The van der Waals surface area contributed by atoms with Crippen LogP contribution in [0.15, 0.2) is 24.3 Å². The lowest BCUT2D eigenvalue weighted by Gasteiger charge is -2.25. The van der Waals surface area contributed by atoms with Gasteiger partial charge in [0, 0.05) is 6.42 Å². The van der Waals surface area contributed by atoms with Crippen molar-refractivity contribution in [2.24, 2.45) is 5.73 Å². The fourth-order valence-corrected chi connectivity index (χ4v) is 3.58. The fraction of sp³-hybridized carbons (Fsp3) is 0.500. The standard InChI is InChI=1S/C22H31N5O8/c1-11(28)18(22(34)35)27-21(33)15(9-12-4-6-13(29)7-5-12)25-20(32)16(10-17(23)30)26-19(31)14-3-2-8-24-14/h4-7,11,14-16,18,24,28-29H,2-3,8-10H2,1H3,(H2,23,30)(H,25,32)(H,26,31)(H,27,33)(H,34,35). The largest absolute Gasteiger partial charge is 0.508 e. The topological polar surface area (TPSA) is 220 Å².